The minimum Gasteiger partial charge on any atom is -0.477 e. The van der Waals surface area contributed by atoms with E-state index in [1.165, 1.54) is 89.9 Å². The van der Waals surface area contributed by atoms with E-state index in [9.17, 15) is 13.6 Å². The molecule has 4 N–H and O–H groups in total. The summed E-state index contributed by atoms with van der Waals surface area (Å²) in [4.78, 5) is 18.9. The number of hydrogen-bond acceptors (Lipinski definition) is 5. The van der Waals surface area contributed by atoms with Crippen LogP contribution in [0.15, 0.2) is 42.5 Å². The number of fused-ring (bicyclic) bond motifs is 1. The monoisotopic (exact) mass is 514 g/mol. The lowest BCUT2D eigenvalue weighted by atomic mass is 10.1. The Labute approximate surface area is 216 Å². The van der Waals surface area contributed by atoms with Crippen LogP contribution in [0.25, 0.3) is 10.9 Å². The first kappa shape index (κ1) is 27.0. The standard InChI is InChI=1S/C15H9F2NO3.C13H27N3/c16-10-5-4-8(6-11(10)17)21-14-3-1-2-12-9(14)7-13(18-12)15(19)20;14-13-5-9-16(10-6-13)12-11-15-7-3-1-2-4-8-15/h1-7,18H,(H,19,20);13H,1-12,14H2. The minimum atomic E-state index is -1.09. The molecule has 2 aliphatic heterocycles. The summed E-state index contributed by atoms with van der Waals surface area (Å²) in [7, 11) is 0. The number of nitrogens with one attached hydrogen (secondary N) is 1. The largest absolute Gasteiger partial charge is 0.477 e. The van der Waals surface area contributed by atoms with Crippen LogP contribution in [0.4, 0.5) is 8.78 Å². The average Bonchev–Trinajstić information content (AvgIpc) is 3.17. The number of benzene rings is 2. The van der Waals surface area contributed by atoms with Gasteiger partial charge in [-0.25, -0.2) is 13.6 Å². The van der Waals surface area contributed by atoms with Gasteiger partial charge in [-0.05, 0) is 82.2 Å². The summed E-state index contributed by atoms with van der Waals surface area (Å²) in [6, 6.07) is 10.1. The van der Waals surface area contributed by atoms with E-state index < -0.39 is 17.6 Å². The van der Waals surface area contributed by atoms with Crippen LogP contribution in [0, 0.1) is 11.6 Å². The molecule has 0 amide bonds. The van der Waals surface area contributed by atoms with Crippen LogP contribution >= 0.6 is 0 Å². The number of halogens is 2. The number of carboxylic acid groups (broad SMARTS) is 1. The lowest BCUT2D eigenvalue weighted by Crippen LogP contribution is -2.43. The van der Waals surface area contributed by atoms with E-state index in [0.717, 1.165) is 12.1 Å². The second-order valence-corrected chi connectivity index (χ2v) is 9.82. The highest BCUT2D eigenvalue weighted by Crippen LogP contribution is 2.31. The smallest absolute Gasteiger partial charge is 0.352 e. The second-order valence-electron chi connectivity index (χ2n) is 9.82. The van der Waals surface area contributed by atoms with Crippen molar-refractivity contribution in [3.63, 3.8) is 0 Å². The van der Waals surface area contributed by atoms with Crippen molar-refractivity contribution in [1.29, 1.82) is 0 Å². The van der Waals surface area contributed by atoms with Crippen LogP contribution in [-0.4, -0.2) is 71.2 Å². The van der Waals surface area contributed by atoms with Crippen LogP contribution < -0.4 is 10.5 Å². The maximum atomic E-state index is 13.2. The lowest BCUT2D eigenvalue weighted by molar-refractivity contribution is 0.0691. The summed E-state index contributed by atoms with van der Waals surface area (Å²) < 4.78 is 31.5. The lowest BCUT2D eigenvalue weighted by Gasteiger charge is -2.32. The molecule has 3 aromatic rings. The summed E-state index contributed by atoms with van der Waals surface area (Å²) in [5, 5.41) is 9.51. The Morgan fingerprint density at radius 2 is 1.62 bits per heavy atom. The highest BCUT2D eigenvalue weighted by molar-refractivity contribution is 5.96. The van der Waals surface area contributed by atoms with Crippen molar-refractivity contribution in [3.8, 4) is 11.5 Å². The molecule has 9 heteroatoms. The van der Waals surface area contributed by atoms with Crippen molar-refractivity contribution >= 4 is 16.9 Å². The van der Waals surface area contributed by atoms with Crippen molar-refractivity contribution in [3.05, 3.63) is 59.8 Å². The van der Waals surface area contributed by atoms with Gasteiger partial charge in [0, 0.05) is 36.1 Å². The molecule has 3 heterocycles. The van der Waals surface area contributed by atoms with Gasteiger partial charge in [-0.2, -0.15) is 0 Å². The van der Waals surface area contributed by atoms with Crippen molar-refractivity contribution in [1.82, 2.24) is 14.8 Å². The number of hydrogen-bond donors (Lipinski definition) is 3. The maximum Gasteiger partial charge on any atom is 0.352 e. The molecule has 5 rings (SSSR count). The van der Waals surface area contributed by atoms with E-state index in [1.807, 2.05) is 0 Å². The van der Waals surface area contributed by atoms with Gasteiger partial charge in [-0.3, -0.25) is 0 Å². The van der Waals surface area contributed by atoms with Gasteiger partial charge in [-0.15, -0.1) is 0 Å². The average molecular weight is 515 g/mol. The van der Waals surface area contributed by atoms with Gasteiger partial charge in [0.2, 0.25) is 0 Å². The molecule has 0 radical (unpaired) electrons. The molecular weight excluding hydrogens is 478 g/mol. The Kier molecular flexibility index (Phi) is 9.49. The van der Waals surface area contributed by atoms with Gasteiger partial charge in [0.1, 0.15) is 17.2 Å². The minimum absolute atomic E-state index is 0.0198. The number of aromatic nitrogens is 1. The van der Waals surface area contributed by atoms with E-state index in [-0.39, 0.29) is 11.4 Å². The van der Waals surface area contributed by atoms with Gasteiger partial charge >= 0.3 is 5.97 Å². The number of aromatic amines is 1. The fourth-order valence-electron chi connectivity index (χ4n) is 4.82. The van der Waals surface area contributed by atoms with Crippen LogP contribution in [0.5, 0.6) is 11.5 Å². The fourth-order valence-corrected chi connectivity index (χ4v) is 4.82. The molecule has 0 bridgehead atoms. The summed E-state index contributed by atoms with van der Waals surface area (Å²) in [5.74, 6) is -2.60. The van der Waals surface area contributed by atoms with E-state index in [1.54, 1.807) is 18.2 Å². The molecular formula is C28H36F2N4O3. The number of ether oxygens (including phenoxy) is 1. The molecule has 0 unspecified atom stereocenters. The first-order valence-corrected chi connectivity index (χ1v) is 13.1. The van der Waals surface area contributed by atoms with Crippen molar-refractivity contribution in [2.24, 2.45) is 5.73 Å². The zero-order valence-corrected chi connectivity index (χ0v) is 21.1. The summed E-state index contributed by atoms with van der Waals surface area (Å²) in [6.07, 6.45) is 8.08. The van der Waals surface area contributed by atoms with Gasteiger partial charge < -0.3 is 30.4 Å². The summed E-state index contributed by atoms with van der Waals surface area (Å²) >= 11 is 0. The maximum absolute atomic E-state index is 13.2. The number of aromatic carboxylic acids is 1. The molecule has 2 aliphatic rings. The van der Waals surface area contributed by atoms with Crippen LogP contribution in [0.2, 0.25) is 0 Å². The predicted octanol–water partition coefficient (Wildman–Crippen LogP) is 5.22. The molecule has 0 saturated carbocycles. The Morgan fingerprint density at radius 3 is 2.27 bits per heavy atom. The molecule has 2 aromatic carbocycles. The fraction of sp³-hybridized carbons (Fsp3) is 0.464. The molecule has 200 valence electrons. The highest BCUT2D eigenvalue weighted by Gasteiger charge is 2.17. The Bertz CT molecular complexity index is 1170. The molecule has 1 aromatic heterocycles. The van der Waals surface area contributed by atoms with Crippen molar-refractivity contribution in [2.75, 3.05) is 39.3 Å². The Morgan fingerprint density at radius 1 is 0.946 bits per heavy atom. The van der Waals surface area contributed by atoms with Gasteiger partial charge in [-0.1, -0.05) is 18.9 Å². The molecule has 7 nitrogen and oxygen atoms in total. The summed E-state index contributed by atoms with van der Waals surface area (Å²) in [5.41, 5.74) is 6.52. The number of nitrogens with zero attached hydrogens (tertiary/aromatic N) is 2. The van der Waals surface area contributed by atoms with Gasteiger partial charge in [0.15, 0.2) is 11.6 Å². The van der Waals surface area contributed by atoms with E-state index in [4.69, 9.17) is 15.6 Å². The topological polar surface area (TPSA) is 94.8 Å². The normalized spacial score (nSPS) is 17.7. The van der Waals surface area contributed by atoms with Crippen molar-refractivity contribution < 1.29 is 23.4 Å². The van der Waals surface area contributed by atoms with E-state index in [2.05, 4.69) is 14.8 Å². The zero-order chi connectivity index (χ0) is 26.2. The highest BCUT2D eigenvalue weighted by atomic mass is 19.2. The van der Waals surface area contributed by atoms with Gasteiger partial charge in [0.25, 0.3) is 0 Å². The second kappa shape index (κ2) is 13.0. The SMILES string of the molecule is NC1CCN(CCN2CCCCCC2)CC1.O=C(O)c1cc2c(Oc3ccc(F)c(F)c3)cccc2[nH]1. The summed E-state index contributed by atoms with van der Waals surface area (Å²) in [6.45, 7) is 7.62. The predicted molar refractivity (Wildman–Crippen MR) is 140 cm³/mol. The van der Waals surface area contributed by atoms with Crippen LogP contribution in [0.1, 0.15) is 49.0 Å². The number of rotatable bonds is 6. The number of nitrogens with two attached hydrogens (primary N) is 1. The third-order valence-corrected chi connectivity index (χ3v) is 7.04. The van der Waals surface area contributed by atoms with Crippen molar-refractivity contribution in [2.45, 2.75) is 44.6 Å². The first-order valence-electron chi connectivity index (χ1n) is 13.1. The molecule has 2 saturated heterocycles. The zero-order valence-electron chi connectivity index (χ0n) is 21.1. The third-order valence-electron chi connectivity index (χ3n) is 7.04. The van der Waals surface area contributed by atoms with Gasteiger partial charge in [0.05, 0.1) is 0 Å². The van der Waals surface area contributed by atoms with Crippen LogP contribution in [0.3, 0.4) is 0 Å². The first-order chi connectivity index (χ1) is 17.9. The molecule has 37 heavy (non-hydrogen) atoms. The number of likely N-dealkylation sites (tertiary alicyclic amines) is 2. The van der Waals surface area contributed by atoms with E-state index >= 15 is 0 Å². The Balaban J connectivity index is 0.000000180. The molecule has 0 spiro atoms. The van der Waals surface area contributed by atoms with E-state index in [0.29, 0.717) is 22.7 Å². The number of carbonyl (C=O) groups is 1. The quantitative estimate of drug-likeness (QED) is 0.417. The molecule has 0 aliphatic carbocycles. The number of carboxylic acids is 1. The third kappa shape index (κ3) is 7.74. The number of piperidine rings is 1. The molecule has 2 fully saturated rings. The molecule has 0 atom stereocenters. The Hall–Kier alpha value is -3.01. The van der Waals surface area contributed by atoms with Crippen LogP contribution in [-0.2, 0) is 0 Å². The number of H-pyrrole nitrogens is 1.